The molecule has 4 nitrogen and oxygen atoms in total. The minimum absolute atomic E-state index is 0.0113. The highest BCUT2D eigenvalue weighted by Gasteiger charge is 2.22. The van der Waals surface area contributed by atoms with Crippen LogP contribution < -0.4 is 5.32 Å². The Kier molecular flexibility index (Phi) is 4.63. The molecular formula is C23H23N3O. The first-order chi connectivity index (χ1) is 13.1. The van der Waals surface area contributed by atoms with Gasteiger partial charge in [0.2, 0.25) is 0 Å². The number of aryl methyl sites for hydroxylation is 1. The number of pyridine rings is 1. The molecule has 27 heavy (non-hydrogen) atoms. The number of hydrogen-bond donors (Lipinski definition) is 1. The van der Waals surface area contributed by atoms with Gasteiger partial charge in [0.05, 0.1) is 11.9 Å². The number of aromatic nitrogens is 1. The summed E-state index contributed by atoms with van der Waals surface area (Å²) in [6.07, 6.45) is 2.63. The Morgan fingerprint density at radius 1 is 1.00 bits per heavy atom. The summed E-state index contributed by atoms with van der Waals surface area (Å²) in [5.41, 5.74) is 7.44. The number of benzene rings is 2. The van der Waals surface area contributed by atoms with Crippen LogP contribution in [0.4, 0.5) is 11.4 Å². The van der Waals surface area contributed by atoms with Gasteiger partial charge in [-0.1, -0.05) is 36.4 Å². The van der Waals surface area contributed by atoms with Gasteiger partial charge in [0.1, 0.15) is 5.69 Å². The standard InChI is InChI=1S/C23H23N3O/c1-16-6-5-9-21(17(16)2)25-20-10-11-22(24-14-20)23(27)26-13-12-18-7-3-4-8-19(18)15-26/h3-11,14,25H,12-13,15H2,1-2H3. The van der Waals surface area contributed by atoms with E-state index in [2.05, 4.69) is 48.4 Å². The van der Waals surface area contributed by atoms with E-state index >= 15 is 0 Å². The highest BCUT2D eigenvalue weighted by molar-refractivity contribution is 5.92. The van der Waals surface area contributed by atoms with Crippen LogP contribution in [-0.4, -0.2) is 22.3 Å². The molecule has 0 unspecified atom stereocenters. The van der Waals surface area contributed by atoms with Crippen molar-refractivity contribution in [3.63, 3.8) is 0 Å². The van der Waals surface area contributed by atoms with E-state index in [0.717, 1.165) is 24.3 Å². The second-order valence-electron chi connectivity index (χ2n) is 7.05. The summed E-state index contributed by atoms with van der Waals surface area (Å²) in [5.74, 6) is -0.0113. The summed E-state index contributed by atoms with van der Waals surface area (Å²) >= 11 is 0. The Balaban J connectivity index is 1.47. The molecule has 0 bridgehead atoms. The van der Waals surface area contributed by atoms with Gasteiger partial charge in [0, 0.05) is 18.8 Å². The Morgan fingerprint density at radius 2 is 1.81 bits per heavy atom. The van der Waals surface area contributed by atoms with Crippen molar-refractivity contribution in [3.8, 4) is 0 Å². The first kappa shape index (κ1) is 17.3. The van der Waals surface area contributed by atoms with Gasteiger partial charge in [-0.2, -0.15) is 0 Å². The normalized spacial score (nSPS) is 13.2. The fourth-order valence-electron chi connectivity index (χ4n) is 3.47. The van der Waals surface area contributed by atoms with Crippen LogP contribution in [0.5, 0.6) is 0 Å². The number of nitrogens with zero attached hydrogens (tertiary/aromatic N) is 2. The molecule has 4 heteroatoms. The van der Waals surface area contributed by atoms with Gasteiger partial charge in [-0.15, -0.1) is 0 Å². The third-order valence-corrected chi connectivity index (χ3v) is 5.28. The zero-order valence-electron chi connectivity index (χ0n) is 15.7. The third-order valence-electron chi connectivity index (χ3n) is 5.28. The number of carbonyl (C=O) groups excluding carboxylic acids is 1. The molecule has 0 saturated heterocycles. The van der Waals surface area contributed by atoms with Crippen molar-refractivity contribution >= 4 is 17.3 Å². The van der Waals surface area contributed by atoms with Gasteiger partial charge in [-0.05, 0) is 60.7 Å². The van der Waals surface area contributed by atoms with Gasteiger partial charge in [-0.25, -0.2) is 4.98 Å². The fourth-order valence-corrected chi connectivity index (χ4v) is 3.47. The zero-order chi connectivity index (χ0) is 18.8. The first-order valence-corrected chi connectivity index (χ1v) is 9.27. The SMILES string of the molecule is Cc1cccc(Nc2ccc(C(=O)N3CCc4ccccc4C3)nc2)c1C. The van der Waals surface area contributed by atoms with Crippen LogP contribution in [0.1, 0.15) is 32.7 Å². The molecule has 1 aliphatic heterocycles. The maximum atomic E-state index is 12.8. The highest BCUT2D eigenvalue weighted by atomic mass is 16.2. The van der Waals surface area contributed by atoms with E-state index in [-0.39, 0.29) is 5.91 Å². The molecule has 0 atom stereocenters. The Bertz CT molecular complexity index is 979. The minimum Gasteiger partial charge on any atom is -0.354 e. The fraction of sp³-hybridized carbons (Fsp3) is 0.217. The van der Waals surface area contributed by atoms with Gasteiger partial charge in [0.25, 0.3) is 5.91 Å². The summed E-state index contributed by atoms with van der Waals surface area (Å²) in [5, 5.41) is 3.38. The number of rotatable bonds is 3. The molecule has 2 heterocycles. The predicted molar refractivity (Wildman–Crippen MR) is 108 cm³/mol. The van der Waals surface area contributed by atoms with Crippen LogP contribution >= 0.6 is 0 Å². The largest absolute Gasteiger partial charge is 0.354 e. The lowest BCUT2D eigenvalue weighted by atomic mass is 10.00. The van der Waals surface area contributed by atoms with Gasteiger partial charge in [-0.3, -0.25) is 4.79 Å². The van der Waals surface area contributed by atoms with E-state index in [1.54, 1.807) is 12.3 Å². The number of anilines is 2. The molecular weight excluding hydrogens is 334 g/mol. The van der Waals surface area contributed by atoms with Gasteiger partial charge in [0.15, 0.2) is 0 Å². The molecule has 4 rings (SSSR count). The van der Waals surface area contributed by atoms with Crippen LogP contribution in [0, 0.1) is 13.8 Å². The van der Waals surface area contributed by atoms with Crippen molar-refractivity contribution in [1.82, 2.24) is 9.88 Å². The number of nitrogens with one attached hydrogen (secondary N) is 1. The Labute approximate surface area is 159 Å². The van der Waals surface area contributed by atoms with Crippen LogP contribution in [0.15, 0.2) is 60.8 Å². The van der Waals surface area contributed by atoms with Crippen LogP contribution in [0.25, 0.3) is 0 Å². The third kappa shape index (κ3) is 3.56. The summed E-state index contributed by atoms with van der Waals surface area (Å²) in [6.45, 7) is 5.58. The second kappa shape index (κ2) is 7.23. The number of fused-ring (bicyclic) bond motifs is 1. The average Bonchev–Trinajstić information content (AvgIpc) is 2.71. The van der Waals surface area contributed by atoms with E-state index in [1.807, 2.05) is 29.2 Å². The summed E-state index contributed by atoms with van der Waals surface area (Å²) < 4.78 is 0. The van der Waals surface area contributed by atoms with Crippen LogP contribution in [0.3, 0.4) is 0 Å². The maximum Gasteiger partial charge on any atom is 0.272 e. The molecule has 136 valence electrons. The number of hydrogen-bond acceptors (Lipinski definition) is 3. The Morgan fingerprint density at radius 3 is 2.59 bits per heavy atom. The van der Waals surface area contributed by atoms with Crippen LogP contribution in [0.2, 0.25) is 0 Å². The minimum atomic E-state index is -0.0113. The van der Waals surface area contributed by atoms with E-state index in [1.165, 1.54) is 22.3 Å². The molecule has 1 N–H and O–H groups in total. The molecule has 3 aromatic rings. The summed E-state index contributed by atoms with van der Waals surface area (Å²) in [7, 11) is 0. The van der Waals surface area contributed by atoms with Crippen LogP contribution in [-0.2, 0) is 13.0 Å². The number of carbonyl (C=O) groups is 1. The Hall–Kier alpha value is -3.14. The van der Waals surface area contributed by atoms with Crippen molar-refractivity contribution in [2.45, 2.75) is 26.8 Å². The molecule has 2 aromatic carbocycles. The predicted octanol–water partition coefficient (Wildman–Crippen LogP) is 4.64. The van der Waals surface area contributed by atoms with Gasteiger partial charge < -0.3 is 10.2 Å². The molecule has 0 radical (unpaired) electrons. The number of amides is 1. The molecule has 1 aliphatic rings. The molecule has 0 saturated carbocycles. The highest BCUT2D eigenvalue weighted by Crippen LogP contribution is 2.23. The van der Waals surface area contributed by atoms with Gasteiger partial charge >= 0.3 is 0 Å². The smallest absolute Gasteiger partial charge is 0.272 e. The lowest BCUT2D eigenvalue weighted by Gasteiger charge is -2.28. The topological polar surface area (TPSA) is 45.2 Å². The summed E-state index contributed by atoms with van der Waals surface area (Å²) in [6, 6.07) is 18.2. The summed E-state index contributed by atoms with van der Waals surface area (Å²) in [4.78, 5) is 19.1. The molecule has 0 fully saturated rings. The maximum absolute atomic E-state index is 12.8. The zero-order valence-corrected chi connectivity index (χ0v) is 15.7. The van der Waals surface area contributed by atoms with Crippen molar-refractivity contribution in [2.24, 2.45) is 0 Å². The van der Waals surface area contributed by atoms with E-state index in [0.29, 0.717) is 12.2 Å². The molecule has 0 aliphatic carbocycles. The monoisotopic (exact) mass is 357 g/mol. The second-order valence-corrected chi connectivity index (χ2v) is 7.05. The van der Waals surface area contributed by atoms with Crippen molar-refractivity contribution in [1.29, 1.82) is 0 Å². The average molecular weight is 357 g/mol. The quantitative estimate of drug-likeness (QED) is 0.743. The lowest BCUT2D eigenvalue weighted by molar-refractivity contribution is 0.0729. The first-order valence-electron chi connectivity index (χ1n) is 9.27. The molecule has 0 spiro atoms. The van der Waals surface area contributed by atoms with Crippen molar-refractivity contribution in [3.05, 3.63) is 88.7 Å². The van der Waals surface area contributed by atoms with E-state index in [9.17, 15) is 4.79 Å². The van der Waals surface area contributed by atoms with Crippen molar-refractivity contribution in [2.75, 3.05) is 11.9 Å². The molecule has 1 amide bonds. The lowest BCUT2D eigenvalue weighted by Crippen LogP contribution is -2.36. The van der Waals surface area contributed by atoms with Crippen molar-refractivity contribution < 1.29 is 4.79 Å². The molecule has 1 aromatic heterocycles. The van der Waals surface area contributed by atoms with E-state index < -0.39 is 0 Å². The van der Waals surface area contributed by atoms with E-state index in [4.69, 9.17) is 0 Å².